The number of thiophene rings is 1. The molecule has 0 radical (unpaired) electrons. The van der Waals surface area contributed by atoms with Gasteiger partial charge < -0.3 is 10.4 Å². The zero-order valence-electron chi connectivity index (χ0n) is 11.3. The maximum Gasteiger partial charge on any atom is 0.343 e. The second-order valence-electron chi connectivity index (χ2n) is 4.49. The Bertz CT molecular complexity index is 655. The molecule has 0 saturated carbocycles. The number of hydrogen-bond acceptors (Lipinski definition) is 5. The summed E-state index contributed by atoms with van der Waals surface area (Å²) in [4.78, 5) is 22.7. The van der Waals surface area contributed by atoms with Gasteiger partial charge in [-0.25, -0.2) is 4.79 Å². The summed E-state index contributed by atoms with van der Waals surface area (Å²) in [5.74, 6) is -1.29. The predicted octanol–water partition coefficient (Wildman–Crippen LogP) is 3.21. The number of benzene rings is 1. The van der Waals surface area contributed by atoms with Crippen molar-refractivity contribution in [2.24, 2.45) is 0 Å². The third-order valence-electron chi connectivity index (χ3n) is 3.11. The van der Waals surface area contributed by atoms with Crippen molar-refractivity contribution in [1.29, 1.82) is 0 Å². The van der Waals surface area contributed by atoms with Crippen LogP contribution in [0.15, 0.2) is 35.7 Å². The molecule has 110 valence electrons. The Kier molecular flexibility index (Phi) is 4.66. The van der Waals surface area contributed by atoms with Crippen LogP contribution >= 0.6 is 11.3 Å². The van der Waals surface area contributed by atoms with E-state index in [0.717, 1.165) is 4.88 Å². The van der Waals surface area contributed by atoms with Crippen molar-refractivity contribution >= 4 is 23.0 Å². The van der Waals surface area contributed by atoms with Gasteiger partial charge in [-0.2, -0.15) is 0 Å². The molecule has 6 nitrogen and oxygen atoms in total. The van der Waals surface area contributed by atoms with E-state index in [2.05, 4.69) is 5.32 Å². The van der Waals surface area contributed by atoms with Crippen LogP contribution in [0.4, 0.5) is 5.69 Å². The number of nitro benzene ring substituents is 1. The van der Waals surface area contributed by atoms with Gasteiger partial charge in [-0.3, -0.25) is 10.1 Å². The molecule has 0 bridgehead atoms. The highest BCUT2D eigenvalue weighted by molar-refractivity contribution is 7.10. The number of nitrogens with zero attached hydrogens (tertiary/aromatic N) is 1. The average Bonchev–Trinajstić information content (AvgIpc) is 2.98. The quantitative estimate of drug-likeness (QED) is 0.631. The lowest BCUT2D eigenvalue weighted by Crippen LogP contribution is -2.19. The maximum absolute atomic E-state index is 11.3. The van der Waals surface area contributed by atoms with Crippen LogP contribution in [0.25, 0.3) is 0 Å². The van der Waals surface area contributed by atoms with Crippen LogP contribution in [0.1, 0.15) is 33.8 Å². The van der Waals surface area contributed by atoms with Gasteiger partial charge >= 0.3 is 5.97 Å². The summed E-state index contributed by atoms with van der Waals surface area (Å²) >= 11 is 1.60. The van der Waals surface area contributed by atoms with Crippen LogP contribution in [0.5, 0.6) is 0 Å². The molecular weight excluding hydrogens is 292 g/mol. The summed E-state index contributed by atoms with van der Waals surface area (Å²) in [6, 6.07) is 8.26. The first-order chi connectivity index (χ1) is 10.0. The summed E-state index contributed by atoms with van der Waals surface area (Å²) in [6.45, 7) is 2.21. The lowest BCUT2D eigenvalue weighted by Gasteiger charge is -2.13. The van der Waals surface area contributed by atoms with Crippen molar-refractivity contribution in [2.45, 2.75) is 19.5 Å². The van der Waals surface area contributed by atoms with E-state index in [1.807, 2.05) is 24.4 Å². The van der Waals surface area contributed by atoms with Crippen LogP contribution in [0.3, 0.4) is 0 Å². The summed E-state index contributed by atoms with van der Waals surface area (Å²) in [5.41, 5.74) is -0.237. The van der Waals surface area contributed by atoms with Crippen molar-refractivity contribution in [1.82, 2.24) is 5.32 Å². The smallest absolute Gasteiger partial charge is 0.343 e. The topological polar surface area (TPSA) is 92.5 Å². The number of hydrogen-bond donors (Lipinski definition) is 2. The van der Waals surface area contributed by atoms with E-state index in [-0.39, 0.29) is 23.8 Å². The number of aromatic carboxylic acids is 1. The molecule has 2 rings (SSSR count). The second kappa shape index (κ2) is 6.47. The van der Waals surface area contributed by atoms with Gasteiger partial charge in [-0.15, -0.1) is 11.3 Å². The highest BCUT2D eigenvalue weighted by Crippen LogP contribution is 2.24. The highest BCUT2D eigenvalue weighted by atomic mass is 32.1. The van der Waals surface area contributed by atoms with Crippen molar-refractivity contribution in [3.8, 4) is 0 Å². The van der Waals surface area contributed by atoms with Gasteiger partial charge in [0.1, 0.15) is 5.56 Å². The predicted molar refractivity (Wildman–Crippen MR) is 79.6 cm³/mol. The number of carboxylic acids is 1. The molecule has 0 fully saturated rings. The minimum Gasteiger partial charge on any atom is -0.477 e. The maximum atomic E-state index is 11.3. The number of carboxylic acid groups (broad SMARTS) is 1. The minimum atomic E-state index is -1.29. The molecule has 7 heteroatoms. The van der Waals surface area contributed by atoms with E-state index in [0.29, 0.717) is 5.56 Å². The van der Waals surface area contributed by atoms with Crippen molar-refractivity contribution in [2.75, 3.05) is 0 Å². The largest absolute Gasteiger partial charge is 0.477 e. The van der Waals surface area contributed by atoms with Crippen LogP contribution in [0, 0.1) is 10.1 Å². The fourth-order valence-electron chi connectivity index (χ4n) is 2.03. The van der Waals surface area contributed by atoms with Gasteiger partial charge in [0.05, 0.1) is 4.92 Å². The molecule has 2 N–H and O–H groups in total. The Morgan fingerprint density at radius 1 is 1.43 bits per heavy atom. The Morgan fingerprint density at radius 2 is 2.19 bits per heavy atom. The molecule has 21 heavy (non-hydrogen) atoms. The Balaban J connectivity index is 2.22. The molecule has 1 heterocycles. The molecule has 0 spiro atoms. The lowest BCUT2D eigenvalue weighted by atomic mass is 10.0. The van der Waals surface area contributed by atoms with Crippen LogP contribution in [-0.2, 0) is 6.54 Å². The first-order valence-corrected chi connectivity index (χ1v) is 7.15. The summed E-state index contributed by atoms with van der Waals surface area (Å²) in [6.07, 6.45) is 0. The Labute approximate surface area is 125 Å². The number of carbonyl (C=O) groups is 1. The molecule has 1 atom stereocenters. The van der Waals surface area contributed by atoms with Crippen molar-refractivity contribution in [3.63, 3.8) is 0 Å². The highest BCUT2D eigenvalue weighted by Gasteiger charge is 2.23. The van der Waals surface area contributed by atoms with Gasteiger partial charge in [-0.1, -0.05) is 18.2 Å². The first-order valence-electron chi connectivity index (χ1n) is 6.27. The first kappa shape index (κ1) is 15.1. The fourth-order valence-corrected chi connectivity index (χ4v) is 2.79. The minimum absolute atomic E-state index is 0.0471. The van der Waals surface area contributed by atoms with Crippen molar-refractivity contribution < 1.29 is 14.8 Å². The van der Waals surface area contributed by atoms with Crippen molar-refractivity contribution in [3.05, 3.63) is 61.8 Å². The fraction of sp³-hybridized carbons (Fsp3) is 0.214. The zero-order valence-corrected chi connectivity index (χ0v) is 12.1. The molecule has 0 aliphatic heterocycles. The summed E-state index contributed by atoms with van der Waals surface area (Å²) in [5, 5.41) is 25.3. The Morgan fingerprint density at radius 3 is 2.76 bits per heavy atom. The third-order valence-corrected chi connectivity index (χ3v) is 4.16. The standard InChI is InChI=1S/C14H14N2O4S/c1-9(12-6-3-7-21-12)15-8-10-4-2-5-11(16(19)20)13(10)14(17)18/h2-7,9,15H,8H2,1H3,(H,17,18). The van der Waals surface area contributed by atoms with Gasteiger partial charge in [0.25, 0.3) is 5.69 Å². The summed E-state index contributed by atoms with van der Waals surface area (Å²) < 4.78 is 0. The normalized spacial score (nSPS) is 12.0. The molecule has 1 aromatic carbocycles. The van der Waals surface area contributed by atoms with E-state index in [1.54, 1.807) is 17.4 Å². The zero-order chi connectivity index (χ0) is 15.4. The van der Waals surface area contributed by atoms with Gasteiger partial charge in [0.15, 0.2) is 0 Å². The van der Waals surface area contributed by atoms with E-state index in [1.165, 1.54) is 12.1 Å². The van der Waals surface area contributed by atoms with E-state index < -0.39 is 10.9 Å². The number of rotatable bonds is 6. The van der Waals surface area contributed by atoms with E-state index in [9.17, 15) is 20.0 Å². The molecule has 0 saturated heterocycles. The lowest BCUT2D eigenvalue weighted by molar-refractivity contribution is -0.385. The average molecular weight is 306 g/mol. The third kappa shape index (κ3) is 3.45. The van der Waals surface area contributed by atoms with E-state index in [4.69, 9.17) is 0 Å². The van der Waals surface area contributed by atoms with Gasteiger partial charge in [0.2, 0.25) is 0 Å². The van der Waals surface area contributed by atoms with Gasteiger partial charge in [0, 0.05) is 23.5 Å². The number of nitro groups is 1. The van der Waals surface area contributed by atoms with Crippen LogP contribution < -0.4 is 5.32 Å². The van der Waals surface area contributed by atoms with E-state index >= 15 is 0 Å². The molecule has 0 amide bonds. The molecule has 1 aromatic heterocycles. The SMILES string of the molecule is CC(NCc1cccc([N+](=O)[O-])c1C(=O)O)c1cccs1. The Hall–Kier alpha value is -2.25. The van der Waals surface area contributed by atoms with Crippen LogP contribution in [0.2, 0.25) is 0 Å². The monoisotopic (exact) mass is 306 g/mol. The summed E-state index contributed by atoms with van der Waals surface area (Å²) in [7, 11) is 0. The molecule has 2 aromatic rings. The molecular formula is C14H14N2O4S. The van der Waals surface area contributed by atoms with Crippen LogP contribution in [-0.4, -0.2) is 16.0 Å². The molecule has 0 aliphatic carbocycles. The molecule has 1 unspecified atom stereocenters. The number of nitrogens with one attached hydrogen (secondary N) is 1. The second-order valence-corrected chi connectivity index (χ2v) is 5.47. The molecule has 0 aliphatic rings. The van der Waals surface area contributed by atoms with Gasteiger partial charge in [-0.05, 0) is 23.9 Å².